The monoisotopic (exact) mass is 308 g/mol. The molecule has 0 atom stereocenters. The zero-order chi connectivity index (χ0) is 13.0. The van der Waals surface area contributed by atoms with E-state index in [0.29, 0.717) is 12.5 Å². The molecule has 0 saturated carbocycles. The summed E-state index contributed by atoms with van der Waals surface area (Å²) < 4.78 is 0.986. The van der Waals surface area contributed by atoms with Gasteiger partial charge in [0.2, 0.25) is 5.95 Å². The molecule has 6 nitrogen and oxygen atoms in total. The van der Waals surface area contributed by atoms with Gasteiger partial charge in [-0.3, -0.25) is 10.1 Å². The van der Waals surface area contributed by atoms with Gasteiger partial charge in [0.25, 0.3) is 0 Å². The first kappa shape index (κ1) is 12.4. The van der Waals surface area contributed by atoms with Crippen LogP contribution in [0, 0.1) is 10.1 Å². The second kappa shape index (κ2) is 5.54. The maximum Gasteiger partial charge on any atom is 0.305 e. The molecule has 1 N–H and O–H groups in total. The molecular weight excluding hydrogens is 300 g/mol. The van der Waals surface area contributed by atoms with E-state index in [0.717, 1.165) is 10.0 Å². The fourth-order valence-electron chi connectivity index (χ4n) is 1.32. The molecule has 1 aromatic heterocycles. The number of nitrogens with zero attached hydrogens (tertiary/aromatic N) is 3. The van der Waals surface area contributed by atoms with Crippen LogP contribution in [0.3, 0.4) is 0 Å². The maximum atomic E-state index is 10.4. The largest absolute Gasteiger partial charge is 0.350 e. The van der Waals surface area contributed by atoms with Crippen LogP contribution < -0.4 is 5.32 Å². The smallest absolute Gasteiger partial charge is 0.305 e. The Labute approximate surface area is 111 Å². The first-order valence-corrected chi connectivity index (χ1v) is 5.90. The van der Waals surface area contributed by atoms with Gasteiger partial charge in [-0.1, -0.05) is 34.1 Å². The Morgan fingerprint density at radius 1 is 1.28 bits per heavy atom. The fraction of sp³-hybridized carbons (Fsp3) is 0.0909. The van der Waals surface area contributed by atoms with E-state index in [9.17, 15) is 10.1 Å². The van der Waals surface area contributed by atoms with Crippen molar-refractivity contribution >= 4 is 27.6 Å². The highest BCUT2D eigenvalue weighted by molar-refractivity contribution is 9.10. The Morgan fingerprint density at radius 2 is 1.94 bits per heavy atom. The highest BCUT2D eigenvalue weighted by Crippen LogP contribution is 2.17. The van der Waals surface area contributed by atoms with Crippen LogP contribution in [0.2, 0.25) is 0 Å². The molecule has 0 fully saturated rings. The molecule has 0 amide bonds. The van der Waals surface area contributed by atoms with Crippen LogP contribution in [0.4, 0.5) is 11.6 Å². The lowest BCUT2D eigenvalue weighted by atomic mass is 10.2. The minimum absolute atomic E-state index is 0.124. The number of nitro groups is 1. The van der Waals surface area contributed by atoms with E-state index < -0.39 is 4.92 Å². The van der Waals surface area contributed by atoms with Crippen molar-refractivity contribution in [1.29, 1.82) is 0 Å². The summed E-state index contributed by atoms with van der Waals surface area (Å²) in [6.07, 6.45) is 2.35. The molecule has 2 aromatic rings. The van der Waals surface area contributed by atoms with Crippen LogP contribution in [0.25, 0.3) is 0 Å². The summed E-state index contributed by atoms with van der Waals surface area (Å²) in [5.74, 6) is 0.358. The van der Waals surface area contributed by atoms with Crippen LogP contribution in [-0.2, 0) is 6.54 Å². The lowest BCUT2D eigenvalue weighted by Gasteiger charge is -2.05. The zero-order valence-corrected chi connectivity index (χ0v) is 10.8. The third-order valence-electron chi connectivity index (χ3n) is 2.24. The molecule has 2 rings (SSSR count). The van der Waals surface area contributed by atoms with Crippen LogP contribution in [0.1, 0.15) is 5.56 Å². The lowest BCUT2D eigenvalue weighted by Crippen LogP contribution is -2.04. The zero-order valence-electron chi connectivity index (χ0n) is 9.21. The molecular formula is C11H9BrN4O2. The summed E-state index contributed by atoms with van der Waals surface area (Å²) in [6, 6.07) is 7.75. The van der Waals surface area contributed by atoms with Gasteiger partial charge in [0.05, 0.1) is 4.92 Å². The summed E-state index contributed by atoms with van der Waals surface area (Å²) >= 11 is 3.43. The maximum absolute atomic E-state index is 10.4. The van der Waals surface area contributed by atoms with Crippen molar-refractivity contribution in [3.63, 3.8) is 0 Å². The van der Waals surface area contributed by atoms with Gasteiger partial charge in [0.1, 0.15) is 12.4 Å². The van der Waals surface area contributed by atoms with Gasteiger partial charge in [-0.2, -0.15) is 0 Å². The van der Waals surface area contributed by atoms with Crippen LogP contribution in [0.5, 0.6) is 0 Å². The van der Waals surface area contributed by atoms with Crippen molar-refractivity contribution in [3.8, 4) is 0 Å². The molecule has 0 radical (unpaired) electrons. The Morgan fingerprint density at radius 3 is 2.56 bits per heavy atom. The van der Waals surface area contributed by atoms with Crippen molar-refractivity contribution in [2.45, 2.75) is 6.54 Å². The average Bonchev–Trinajstić information content (AvgIpc) is 2.38. The van der Waals surface area contributed by atoms with Gasteiger partial charge >= 0.3 is 5.69 Å². The Kier molecular flexibility index (Phi) is 3.83. The van der Waals surface area contributed by atoms with Gasteiger partial charge in [-0.25, -0.2) is 9.97 Å². The molecule has 0 bridgehead atoms. The summed E-state index contributed by atoms with van der Waals surface area (Å²) in [5.41, 5.74) is 0.931. The van der Waals surface area contributed by atoms with Gasteiger partial charge in [0, 0.05) is 11.0 Å². The molecule has 0 aliphatic carbocycles. The van der Waals surface area contributed by atoms with Crippen LogP contribution in [0.15, 0.2) is 41.1 Å². The van der Waals surface area contributed by atoms with Crippen molar-refractivity contribution in [3.05, 3.63) is 56.8 Å². The first-order valence-electron chi connectivity index (χ1n) is 5.10. The third kappa shape index (κ3) is 3.01. The second-order valence-corrected chi connectivity index (χ2v) is 4.32. The van der Waals surface area contributed by atoms with Gasteiger partial charge in [-0.15, -0.1) is 0 Å². The fourth-order valence-corrected chi connectivity index (χ4v) is 1.75. The van der Waals surface area contributed by atoms with E-state index >= 15 is 0 Å². The van der Waals surface area contributed by atoms with E-state index in [4.69, 9.17) is 0 Å². The molecule has 18 heavy (non-hydrogen) atoms. The number of nitrogens with one attached hydrogen (secondary N) is 1. The van der Waals surface area contributed by atoms with E-state index in [2.05, 4.69) is 31.2 Å². The number of rotatable bonds is 4. The van der Waals surface area contributed by atoms with Crippen LogP contribution in [-0.4, -0.2) is 14.9 Å². The number of hydrogen-bond acceptors (Lipinski definition) is 5. The van der Waals surface area contributed by atoms with Crippen molar-refractivity contribution in [2.75, 3.05) is 5.32 Å². The topological polar surface area (TPSA) is 81.0 Å². The number of anilines is 1. The summed E-state index contributed by atoms with van der Waals surface area (Å²) in [6.45, 7) is 0.541. The highest BCUT2D eigenvalue weighted by Gasteiger charge is 2.06. The SMILES string of the molecule is O=[N+]([O-])c1cnc(NCc2ccccc2Br)nc1. The Balaban J connectivity index is 2.02. The second-order valence-electron chi connectivity index (χ2n) is 3.47. The quantitative estimate of drug-likeness (QED) is 0.694. The van der Waals surface area contributed by atoms with Crippen molar-refractivity contribution in [1.82, 2.24) is 9.97 Å². The number of hydrogen-bond donors (Lipinski definition) is 1. The minimum Gasteiger partial charge on any atom is -0.350 e. The molecule has 0 saturated heterocycles. The normalized spacial score (nSPS) is 10.1. The lowest BCUT2D eigenvalue weighted by molar-refractivity contribution is -0.385. The van der Waals surface area contributed by atoms with E-state index in [-0.39, 0.29) is 5.69 Å². The van der Waals surface area contributed by atoms with Crippen molar-refractivity contribution in [2.24, 2.45) is 0 Å². The summed E-state index contributed by atoms with van der Waals surface area (Å²) in [5, 5.41) is 13.4. The molecule has 7 heteroatoms. The first-order chi connectivity index (χ1) is 8.66. The molecule has 0 aliphatic heterocycles. The minimum atomic E-state index is -0.530. The van der Waals surface area contributed by atoms with Gasteiger partial charge < -0.3 is 5.32 Å². The molecule has 0 aliphatic rings. The summed E-state index contributed by atoms with van der Waals surface area (Å²) in [4.78, 5) is 17.6. The molecule has 0 unspecified atom stereocenters. The molecule has 92 valence electrons. The predicted octanol–water partition coefficient (Wildman–Crippen LogP) is 2.76. The number of halogens is 1. The molecule has 1 heterocycles. The highest BCUT2D eigenvalue weighted by atomic mass is 79.9. The van der Waals surface area contributed by atoms with Crippen LogP contribution >= 0.6 is 15.9 Å². The number of benzene rings is 1. The Hall–Kier alpha value is -2.02. The number of aromatic nitrogens is 2. The average molecular weight is 309 g/mol. The van der Waals surface area contributed by atoms with E-state index in [1.165, 1.54) is 12.4 Å². The van der Waals surface area contributed by atoms with Gasteiger partial charge in [0.15, 0.2) is 0 Å². The third-order valence-corrected chi connectivity index (χ3v) is 3.02. The standard InChI is InChI=1S/C11H9BrN4O2/c12-10-4-2-1-3-8(10)5-13-11-14-6-9(7-15-11)16(17)18/h1-4,6-7H,5H2,(H,13,14,15). The van der Waals surface area contributed by atoms with E-state index in [1.54, 1.807) is 0 Å². The van der Waals surface area contributed by atoms with Gasteiger partial charge in [-0.05, 0) is 11.6 Å². The van der Waals surface area contributed by atoms with Crippen molar-refractivity contribution < 1.29 is 4.92 Å². The van der Waals surface area contributed by atoms with E-state index in [1.807, 2.05) is 24.3 Å². The predicted molar refractivity (Wildman–Crippen MR) is 70.2 cm³/mol. The Bertz CT molecular complexity index is 559. The summed E-state index contributed by atoms with van der Waals surface area (Å²) in [7, 11) is 0. The molecule has 1 aromatic carbocycles. The molecule has 0 spiro atoms.